The van der Waals surface area contributed by atoms with E-state index in [1.54, 1.807) is 0 Å². The van der Waals surface area contributed by atoms with E-state index in [-0.39, 0.29) is 13.1 Å². The summed E-state index contributed by atoms with van der Waals surface area (Å²) in [5, 5.41) is 0. The summed E-state index contributed by atoms with van der Waals surface area (Å²) in [6.45, 7) is 0.524. The molecule has 0 unspecified atom stereocenters. The van der Waals surface area contributed by atoms with E-state index in [0.717, 1.165) is 0 Å². The van der Waals surface area contributed by atoms with Gasteiger partial charge in [0.05, 0.1) is 5.92 Å². The second kappa shape index (κ2) is 3.88. The van der Waals surface area contributed by atoms with Crippen LogP contribution >= 0.6 is 0 Å². The number of alkyl halides is 5. The second-order valence-corrected chi connectivity index (χ2v) is 4.35. The van der Waals surface area contributed by atoms with Gasteiger partial charge in [0.25, 0.3) is 0 Å². The maximum Gasteiger partial charge on any atom is 0.393 e. The lowest BCUT2D eigenvalue weighted by atomic mass is 9.85. The highest BCUT2D eigenvalue weighted by molar-refractivity contribution is 4.86. The quantitative estimate of drug-likeness (QED) is 0.627. The van der Waals surface area contributed by atoms with Gasteiger partial charge in [0, 0.05) is 19.0 Å². The standard InChI is InChI=1S/C9H14F5N/c1-8(10,11)6-3-7(9(12,13)14)5-15(2)4-6/h6-7H,3-5H2,1-2H3/t6-,7+/m0/s1. The Labute approximate surface area is 85.2 Å². The second-order valence-electron chi connectivity index (χ2n) is 4.35. The number of rotatable bonds is 1. The fourth-order valence-electron chi connectivity index (χ4n) is 1.92. The Bertz CT molecular complexity index is 198. The molecule has 0 N–H and O–H groups in total. The molecule has 0 radical (unpaired) electrons. The van der Waals surface area contributed by atoms with Crippen molar-refractivity contribution < 1.29 is 22.0 Å². The van der Waals surface area contributed by atoms with Crippen LogP contribution in [0.25, 0.3) is 0 Å². The van der Waals surface area contributed by atoms with Crippen LogP contribution in [0.2, 0.25) is 0 Å². The molecule has 0 aromatic carbocycles. The number of hydrogen-bond acceptors (Lipinski definition) is 1. The van der Waals surface area contributed by atoms with Crippen molar-refractivity contribution >= 4 is 0 Å². The van der Waals surface area contributed by atoms with Gasteiger partial charge in [-0.15, -0.1) is 0 Å². The van der Waals surface area contributed by atoms with Crippen molar-refractivity contribution in [3.8, 4) is 0 Å². The predicted octanol–water partition coefficient (Wildman–Crippen LogP) is 2.77. The molecule has 90 valence electrons. The molecule has 0 spiro atoms. The van der Waals surface area contributed by atoms with Crippen LogP contribution in [0, 0.1) is 11.8 Å². The van der Waals surface area contributed by atoms with Gasteiger partial charge in [-0.3, -0.25) is 0 Å². The van der Waals surface area contributed by atoms with Crippen molar-refractivity contribution in [1.82, 2.24) is 4.90 Å². The van der Waals surface area contributed by atoms with Gasteiger partial charge in [0.1, 0.15) is 0 Å². The topological polar surface area (TPSA) is 3.24 Å². The first kappa shape index (κ1) is 12.7. The van der Waals surface area contributed by atoms with Crippen molar-refractivity contribution in [1.29, 1.82) is 0 Å². The van der Waals surface area contributed by atoms with Gasteiger partial charge >= 0.3 is 6.18 Å². The normalized spacial score (nSPS) is 30.6. The molecule has 0 aliphatic carbocycles. The Kier molecular flexibility index (Phi) is 3.28. The zero-order valence-corrected chi connectivity index (χ0v) is 8.61. The SMILES string of the molecule is CN1C[C@@H](C(C)(F)F)C[C@@H](C(F)(F)F)C1. The Morgan fingerprint density at radius 2 is 1.47 bits per heavy atom. The number of piperidine rings is 1. The zero-order chi connectivity index (χ0) is 11.9. The van der Waals surface area contributed by atoms with Gasteiger partial charge in [-0.1, -0.05) is 0 Å². The fraction of sp³-hybridized carbons (Fsp3) is 1.00. The predicted molar refractivity (Wildman–Crippen MR) is 45.8 cm³/mol. The summed E-state index contributed by atoms with van der Waals surface area (Å²) in [6, 6.07) is 0. The van der Waals surface area contributed by atoms with E-state index in [4.69, 9.17) is 0 Å². The third kappa shape index (κ3) is 3.29. The molecule has 1 saturated heterocycles. The highest BCUT2D eigenvalue weighted by Crippen LogP contribution is 2.40. The number of likely N-dealkylation sites (tertiary alicyclic amines) is 1. The van der Waals surface area contributed by atoms with Crippen LogP contribution in [-0.4, -0.2) is 37.1 Å². The Balaban J connectivity index is 2.73. The van der Waals surface area contributed by atoms with Crippen molar-refractivity contribution in [2.24, 2.45) is 11.8 Å². The summed E-state index contributed by atoms with van der Waals surface area (Å²) in [7, 11) is 1.44. The van der Waals surface area contributed by atoms with E-state index in [1.807, 2.05) is 0 Å². The summed E-state index contributed by atoms with van der Waals surface area (Å²) in [5.41, 5.74) is 0. The van der Waals surface area contributed by atoms with Crippen LogP contribution < -0.4 is 0 Å². The minimum atomic E-state index is -4.38. The fourth-order valence-corrected chi connectivity index (χ4v) is 1.92. The van der Waals surface area contributed by atoms with Gasteiger partial charge in [0.15, 0.2) is 0 Å². The summed E-state index contributed by atoms with van der Waals surface area (Å²) in [6.07, 6.45) is -4.85. The molecule has 6 heteroatoms. The minimum Gasteiger partial charge on any atom is -0.305 e. The molecule has 0 aromatic heterocycles. The van der Waals surface area contributed by atoms with Crippen molar-refractivity contribution in [2.75, 3.05) is 20.1 Å². The third-order valence-electron chi connectivity index (χ3n) is 2.81. The molecule has 0 amide bonds. The van der Waals surface area contributed by atoms with Crippen LogP contribution in [0.5, 0.6) is 0 Å². The van der Waals surface area contributed by atoms with Gasteiger partial charge in [0.2, 0.25) is 5.92 Å². The molecule has 2 atom stereocenters. The highest BCUT2D eigenvalue weighted by atomic mass is 19.4. The molecule has 1 aliphatic rings. The highest BCUT2D eigenvalue weighted by Gasteiger charge is 2.48. The summed E-state index contributed by atoms with van der Waals surface area (Å²) in [5.74, 6) is -5.88. The smallest absolute Gasteiger partial charge is 0.305 e. The maximum absolute atomic E-state index is 12.9. The van der Waals surface area contributed by atoms with Crippen molar-refractivity contribution in [2.45, 2.75) is 25.4 Å². The molecule has 0 bridgehead atoms. The van der Waals surface area contributed by atoms with Crippen molar-refractivity contribution in [3.05, 3.63) is 0 Å². The molecule has 1 nitrogen and oxygen atoms in total. The molecule has 15 heavy (non-hydrogen) atoms. The van der Waals surface area contributed by atoms with Crippen LogP contribution in [0.1, 0.15) is 13.3 Å². The number of hydrogen-bond donors (Lipinski definition) is 0. The monoisotopic (exact) mass is 231 g/mol. The summed E-state index contributed by atoms with van der Waals surface area (Å²) in [4.78, 5) is 1.32. The van der Waals surface area contributed by atoms with Crippen LogP contribution in [0.15, 0.2) is 0 Å². The van der Waals surface area contributed by atoms with E-state index in [2.05, 4.69) is 0 Å². The number of halogens is 5. The largest absolute Gasteiger partial charge is 0.393 e. The lowest BCUT2D eigenvalue weighted by Crippen LogP contribution is -2.48. The Morgan fingerprint density at radius 1 is 1.00 bits per heavy atom. The summed E-state index contributed by atoms with van der Waals surface area (Å²) < 4.78 is 63.1. The minimum absolute atomic E-state index is 0.0239. The molecule has 0 saturated carbocycles. The summed E-state index contributed by atoms with van der Waals surface area (Å²) >= 11 is 0. The average Bonchev–Trinajstić information content (AvgIpc) is 1.99. The van der Waals surface area contributed by atoms with Gasteiger partial charge in [-0.05, 0) is 20.4 Å². The van der Waals surface area contributed by atoms with E-state index >= 15 is 0 Å². The Morgan fingerprint density at radius 3 is 1.87 bits per heavy atom. The van der Waals surface area contributed by atoms with E-state index in [9.17, 15) is 22.0 Å². The molecular weight excluding hydrogens is 217 g/mol. The molecular formula is C9H14F5N. The van der Waals surface area contributed by atoms with Crippen LogP contribution in [-0.2, 0) is 0 Å². The first-order chi connectivity index (χ1) is 6.60. The Hall–Kier alpha value is -0.390. The molecule has 1 rings (SSSR count). The van der Waals surface area contributed by atoms with Gasteiger partial charge < -0.3 is 4.90 Å². The molecule has 1 heterocycles. The van der Waals surface area contributed by atoms with Crippen LogP contribution in [0.3, 0.4) is 0 Å². The molecule has 1 fully saturated rings. The molecule has 1 aliphatic heterocycles. The zero-order valence-electron chi connectivity index (χ0n) is 8.61. The van der Waals surface area contributed by atoms with E-state index in [1.165, 1.54) is 11.9 Å². The first-order valence-electron chi connectivity index (χ1n) is 4.73. The number of nitrogens with zero attached hydrogens (tertiary/aromatic N) is 1. The van der Waals surface area contributed by atoms with Gasteiger partial charge in [-0.2, -0.15) is 13.2 Å². The van der Waals surface area contributed by atoms with Crippen molar-refractivity contribution in [3.63, 3.8) is 0 Å². The maximum atomic E-state index is 12.9. The third-order valence-corrected chi connectivity index (χ3v) is 2.81. The van der Waals surface area contributed by atoms with Gasteiger partial charge in [-0.25, -0.2) is 8.78 Å². The first-order valence-corrected chi connectivity index (χ1v) is 4.73. The van der Waals surface area contributed by atoms with Crippen LogP contribution in [0.4, 0.5) is 22.0 Å². The average molecular weight is 231 g/mol. The van der Waals surface area contributed by atoms with E-state index in [0.29, 0.717) is 6.92 Å². The lowest BCUT2D eigenvalue weighted by Gasteiger charge is -2.38. The molecule has 0 aromatic rings. The van der Waals surface area contributed by atoms with E-state index < -0.39 is 30.4 Å². The lowest BCUT2D eigenvalue weighted by molar-refractivity contribution is -0.201.